The molecule has 0 atom stereocenters. The third kappa shape index (κ3) is 1.86. The average Bonchev–Trinajstić information content (AvgIpc) is 2.84. The minimum atomic E-state index is -0.532. The fourth-order valence-corrected chi connectivity index (χ4v) is 2.31. The number of rotatable bonds is 4. The number of primary amides is 1. The summed E-state index contributed by atoms with van der Waals surface area (Å²) in [6.07, 6.45) is 1.66. The van der Waals surface area contributed by atoms with E-state index in [1.54, 1.807) is 11.3 Å². The van der Waals surface area contributed by atoms with Gasteiger partial charge >= 0.3 is 0 Å². The molecule has 0 bridgehead atoms. The SMILES string of the molecule is CCCc1c(C(N)=O)noc1-c1cccs1. The molecule has 0 saturated carbocycles. The molecule has 4 nitrogen and oxygen atoms in total. The van der Waals surface area contributed by atoms with Crippen molar-refractivity contribution < 1.29 is 9.32 Å². The molecule has 0 aliphatic carbocycles. The van der Waals surface area contributed by atoms with E-state index in [1.165, 1.54) is 0 Å². The molecular formula is C11H12N2O2S. The summed E-state index contributed by atoms with van der Waals surface area (Å²) >= 11 is 1.56. The first kappa shape index (κ1) is 10.9. The molecule has 2 heterocycles. The number of hydrogen-bond acceptors (Lipinski definition) is 4. The second-order valence-corrected chi connectivity index (χ2v) is 4.38. The molecule has 0 aliphatic rings. The lowest BCUT2D eigenvalue weighted by atomic mass is 10.1. The van der Waals surface area contributed by atoms with E-state index < -0.39 is 5.91 Å². The lowest BCUT2D eigenvalue weighted by Gasteiger charge is -1.97. The largest absolute Gasteiger partial charge is 0.364 e. The summed E-state index contributed by atoms with van der Waals surface area (Å²) < 4.78 is 5.21. The molecule has 2 aromatic heterocycles. The molecule has 2 aromatic rings. The Morgan fingerprint density at radius 2 is 2.44 bits per heavy atom. The van der Waals surface area contributed by atoms with Gasteiger partial charge in [-0.2, -0.15) is 0 Å². The van der Waals surface area contributed by atoms with Gasteiger partial charge in [0.25, 0.3) is 5.91 Å². The van der Waals surface area contributed by atoms with Crippen LogP contribution in [0.25, 0.3) is 10.6 Å². The second kappa shape index (κ2) is 4.49. The van der Waals surface area contributed by atoms with Gasteiger partial charge in [0, 0.05) is 5.56 Å². The summed E-state index contributed by atoms with van der Waals surface area (Å²) in [4.78, 5) is 12.2. The number of hydrogen-bond donors (Lipinski definition) is 1. The van der Waals surface area contributed by atoms with E-state index in [-0.39, 0.29) is 5.69 Å². The number of carbonyl (C=O) groups is 1. The lowest BCUT2D eigenvalue weighted by Crippen LogP contribution is -2.13. The van der Waals surface area contributed by atoms with E-state index in [9.17, 15) is 4.79 Å². The Kier molecular flexibility index (Phi) is 3.05. The molecule has 0 aliphatic heterocycles. The van der Waals surface area contributed by atoms with Crippen LogP contribution in [0.15, 0.2) is 22.0 Å². The molecule has 5 heteroatoms. The maximum absolute atomic E-state index is 11.2. The Morgan fingerprint density at radius 3 is 3.00 bits per heavy atom. The van der Waals surface area contributed by atoms with Crippen molar-refractivity contribution in [2.24, 2.45) is 5.73 Å². The van der Waals surface area contributed by atoms with Crippen LogP contribution < -0.4 is 5.73 Å². The lowest BCUT2D eigenvalue weighted by molar-refractivity contribution is 0.0991. The zero-order valence-corrected chi connectivity index (χ0v) is 9.71. The van der Waals surface area contributed by atoms with Crippen LogP contribution >= 0.6 is 11.3 Å². The van der Waals surface area contributed by atoms with Crippen LogP contribution in [0.1, 0.15) is 29.4 Å². The molecule has 0 unspecified atom stereocenters. The predicted molar refractivity (Wildman–Crippen MR) is 62.3 cm³/mol. The Labute approximate surface area is 97.1 Å². The average molecular weight is 236 g/mol. The van der Waals surface area contributed by atoms with Gasteiger partial charge in [0.05, 0.1) is 4.88 Å². The van der Waals surface area contributed by atoms with Gasteiger partial charge in [-0.1, -0.05) is 24.6 Å². The summed E-state index contributed by atoms with van der Waals surface area (Å²) in [5, 5.41) is 5.70. The van der Waals surface area contributed by atoms with Crippen molar-refractivity contribution in [3.8, 4) is 10.6 Å². The fourth-order valence-electron chi connectivity index (χ4n) is 1.59. The van der Waals surface area contributed by atoms with Crippen molar-refractivity contribution in [2.45, 2.75) is 19.8 Å². The molecule has 2 rings (SSSR count). The molecule has 16 heavy (non-hydrogen) atoms. The summed E-state index contributed by atoms with van der Waals surface area (Å²) in [5.41, 5.74) is 6.33. The van der Waals surface area contributed by atoms with E-state index in [0.29, 0.717) is 5.76 Å². The van der Waals surface area contributed by atoms with Gasteiger partial charge in [-0.05, 0) is 17.9 Å². The van der Waals surface area contributed by atoms with Gasteiger partial charge in [0.2, 0.25) is 0 Å². The zero-order chi connectivity index (χ0) is 11.5. The molecule has 0 spiro atoms. The molecule has 1 amide bonds. The smallest absolute Gasteiger partial charge is 0.271 e. The van der Waals surface area contributed by atoms with E-state index in [2.05, 4.69) is 5.16 Å². The van der Waals surface area contributed by atoms with Crippen molar-refractivity contribution in [2.75, 3.05) is 0 Å². The molecule has 84 valence electrons. The minimum Gasteiger partial charge on any atom is -0.364 e. The zero-order valence-electron chi connectivity index (χ0n) is 8.90. The third-order valence-corrected chi connectivity index (χ3v) is 3.14. The maximum atomic E-state index is 11.2. The Balaban J connectivity index is 2.50. The Morgan fingerprint density at radius 1 is 1.62 bits per heavy atom. The van der Waals surface area contributed by atoms with E-state index in [4.69, 9.17) is 10.3 Å². The summed E-state index contributed by atoms with van der Waals surface area (Å²) in [5.74, 6) is 0.139. The highest BCUT2D eigenvalue weighted by molar-refractivity contribution is 7.13. The Hall–Kier alpha value is -1.62. The number of nitrogens with zero attached hydrogens (tertiary/aromatic N) is 1. The topological polar surface area (TPSA) is 69.1 Å². The number of amides is 1. The predicted octanol–water partition coefficient (Wildman–Crippen LogP) is 2.45. The number of nitrogens with two attached hydrogens (primary N) is 1. The second-order valence-electron chi connectivity index (χ2n) is 3.43. The first-order chi connectivity index (χ1) is 7.74. The fraction of sp³-hybridized carbons (Fsp3) is 0.273. The monoisotopic (exact) mass is 236 g/mol. The molecular weight excluding hydrogens is 224 g/mol. The number of carbonyl (C=O) groups excluding carboxylic acids is 1. The van der Waals surface area contributed by atoms with Crippen LogP contribution in [0.5, 0.6) is 0 Å². The van der Waals surface area contributed by atoms with Crippen LogP contribution in [0, 0.1) is 0 Å². The molecule has 2 N–H and O–H groups in total. The summed E-state index contributed by atoms with van der Waals surface area (Å²) in [6, 6.07) is 3.87. The molecule has 0 radical (unpaired) electrons. The van der Waals surface area contributed by atoms with Crippen molar-refractivity contribution in [1.29, 1.82) is 0 Å². The van der Waals surface area contributed by atoms with Crippen molar-refractivity contribution in [3.05, 3.63) is 28.8 Å². The highest BCUT2D eigenvalue weighted by atomic mass is 32.1. The van der Waals surface area contributed by atoms with Crippen LogP contribution in [0.2, 0.25) is 0 Å². The van der Waals surface area contributed by atoms with Crippen LogP contribution in [0.4, 0.5) is 0 Å². The van der Waals surface area contributed by atoms with Gasteiger partial charge in [-0.15, -0.1) is 11.3 Å². The quantitative estimate of drug-likeness (QED) is 0.886. The van der Waals surface area contributed by atoms with Crippen LogP contribution in [-0.4, -0.2) is 11.1 Å². The highest BCUT2D eigenvalue weighted by Gasteiger charge is 2.20. The number of thiophene rings is 1. The number of aromatic nitrogens is 1. The first-order valence-electron chi connectivity index (χ1n) is 5.06. The van der Waals surface area contributed by atoms with Gasteiger partial charge in [0.15, 0.2) is 11.5 Å². The van der Waals surface area contributed by atoms with Gasteiger partial charge in [-0.3, -0.25) is 4.79 Å². The Bertz CT molecular complexity index is 488. The minimum absolute atomic E-state index is 0.255. The molecule has 0 fully saturated rings. The van der Waals surface area contributed by atoms with Gasteiger partial charge in [0.1, 0.15) is 0 Å². The summed E-state index contributed by atoms with van der Waals surface area (Å²) in [7, 11) is 0. The van der Waals surface area contributed by atoms with Gasteiger partial charge in [-0.25, -0.2) is 0 Å². The normalized spacial score (nSPS) is 10.6. The molecule has 0 saturated heterocycles. The third-order valence-electron chi connectivity index (χ3n) is 2.27. The van der Waals surface area contributed by atoms with E-state index in [1.807, 2.05) is 24.4 Å². The highest BCUT2D eigenvalue weighted by Crippen LogP contribution is 2.30. The van der Waals surface area contributed by atoms with E-state index in [0.717, 1.165) is 23.3 Å². The standard InChI is InChI=1S/C11H12N2O2S/c1-2-4-7-9(11(12)14)13-15-10(7)8-5-3-6-16-8/h3,5-6H,2,4H2,1H3,(H2,12,14). The van der Waals surface area contributed by atoms with E-state index >= 15 is 0 Å². The van der Waals surface area contributed by atoms with Crippen LogP contribution in [-0.2, 0) is 6.42 Å². The first-order valence-corrected chi connectivity index (χ1v) is 5.94. The van der Waals surface area contributed by atoms with Crippen molar-refractivity contribution in [1.82, 2.24) is 5.16 Å². The van der Waals surface area contributed by atoms with Gasteiger partial charge < -0.3 is 10.3 Å². The van der Waals surface area contributed by atoms with Crippen LogP contribution in [0.3, 0.4) is 0 Å². The maximum Gasteiger partial charge on any atom is 0.271 e. The summed E-state index contributed by atoms with van der Waals surface area (Å²) in [6.45, 7) is 2.04. The molecule has 0 aromatic carbocycles. The van der Waals surface area contributed by atoms with Crippen molar-refractivity contribution >= 4 is 17.2 Å². The van der Waals surface area contributed by atoms with Crippen molar-refractivity contribution in [3.63, 3.8) is 0 Å².